The summed E-state index contributed by atoms with van der Waals surface area (Å²) in [5.74, 6) is -0.0449. The summed E-state index contributed by atoms with van der Waals surface area (Å²) in [6.07, 6.45) is 18.2. The van der Waals surface area contributed by atoms with Gasteiger partial charge in [0.15, 0.2) is 0 Å². The van der Waals surface area contributed by atoms with E-state index in [2.05, 4.69) is 46.3 Å². The Hall–Kier alpha value is -2.65. The van der Waals surface area contributed by atoms with Gasteiger partial charge >= 0.3 is 6.09 Å². The number of carbonyl (C=O) groups is 3. The van der Waals surface area contributed by atoms with E-state index in [0.29, 0.717) is 45.9 Å². The quantitative estimate of drug-likeness (QED) is 0.0868. The smallest absolute Gasteiger partial charge is 0.407 e. The zero-order valence-electron chi connectivity index (χ0n) is 28.6. The number of amides is 3. The van der Waals surface area contributed by atoms with E-state index in [9.17, 15) is 14.4 Å². The minimum Gasteiger partial charge on any atom is -0.444 e. The van der Waals surface area contributed by atoms with Crippen LogP contribution in [0.3, 0.4) is 0 Å². The summed E-state index contributed by atoms with van der Waals surface area (Å²) in [7, 11) is 0. The zero-order valence-corrected chi connectivity index (χ0v) is 28.6. The molecule has 0 aromatic heterocycles. The van der Waals surface area contributed by atoms with Gasteiger partial charge in [-0.1, -0.05) is 101 Å². The molecule has 9 nitrogen and oxygen atoms in total. The summed E-state index contributed by atoms with van der Waals surface area (Å²) in [5.41, 5.74) is 0.924. The predicted molar refractivity (Wildman–Crippen MR) is 181 cm³/mol. The van der Waals surface area contributed by atoms with Crippen molar-refractivity contribution in [3.8, 4) is 0 Å². The third-order valence-electron chi connectivity index (χ3n) is 7.24. The van der Waals surface area contributed by atoms with E-state index < -0.39 is 11.7 Å². The summed E-state index contributed by atoms with van der Waals surface area (Å²) >= 11 is 0. The van der Waals surface area contributed by atoms with Crippen LogP contribution in [0, 0.1) is 0 Å². The van der Waals surface area contributed by atoms with Gasteiger partial charge in [0.25, 0.3) is 0 Å². The Labute approximate surface area is 273 Å². The SMILES string of the molecule is CC(C)(C)OC(=O)NCCOCCC(=O)NCCOCCNC(=O)CCCCCCCCCCCCCCCc1ccccc1. The lowest BCUT2D eigenvalue weighted by atomic mass is 10.0. The Kier molecular flexibility index (Phi) is 24.8. The second kappa shape index (κ2) is 27.6. The molecule has 258 valence electrons. The number of rotatable bonds is 28. The van der Waals surface area contributed by atoms with Crippen LogP contribution in [0.15, 0.2) is 30.3 Å². The van der Waals surface area contributed by atoms with E-state index in [1.54, 1.807) is 20.8 Å². The normalized spacial score (nSPS) is 11.3. The minimum atomic E-state index is -0.538. The molecule has 0 aliphatic carbocycles. The van der Waals surface area contributed by atoms with Crippen LogP contribution in [0.4, 0.5) is 4.79 Å². The van der Waals surface area contributed by atoms with Crippen LogP contribution < -0.4 is 16.0 Å². The standard InChI is InChI=1S/C36H63N3O6/c1-36(2,3)45-35(42)39-27-31-43-28-24-34(41)38-26-30-44-29-25-37-33(40)23-19-14-12-10-8-6-4-5-7-9-11-13-16-20-32-21-17-15-18-22-32/h15,17-18,21-22H,4-14,16,19-20,23-31H2,1-3H3,(H,37,40)(H,38,41)(H,39,42). The second-order valence-electron chi connectivity index (χ2n) is 12.7. The van der Waals surface area contributed by atoms with Crippen LogP contribution in [0.25, 0.3) is 0 Å². The fraction of sp³-hybridized carbons (Fsp3) is 0.750. The largest absolute Gasteiger partial charge is 0.444 e. The third kappa shape index (κ3) is 28.6. The van der Waals surface area contributed by atoms with Gasteiger partial charge in [-0.15, -0.1) is 0 Å². The highest BCUT2D eigenvalue weighted by Gasteiger charge is 2.15. The lowest BCUT2D eigenvalue weighted by Gasteiger charge is -2.19. The summed E-state index contributed by atoms with van der Waals surface area (Å²) in [6.45, 7) is 7.98. The molecule has 0 radical (unpaired) electrons. The highest BCUT2D eigenvalue weighted by atomic mass is 16.6. The van der Waals surface area contributed by atoms with Crippen molar-refractivity contribution in [1.29, 1.82) is 0 Å². The molecule has 0 saturated carbocycles. The number of benzene rings is 1. The van der Waals surface area contributed by atoms with Gasteiger partial charge in [0.05, 0.1) is 26.4 Å². The second-order valence-corrected chi connectivity index (χ2v) is 12.7. The van der Waals surface area contributed by atoms with Crippen LogP contribution in [0.1, 0.15) is 123 Å². The molecule has 3 N–H and O–H groups in total. The lowest BCUT2D eigenvalue weighted by molar-refractivity contribution is -0.122. The van der Waals surface area contributed by atoms with Crippen molar-refractivity contribution in [3.63, 3.8) is 0 Å². The summed E-state index contributed by atoms with van der Waals surface area (Å²) in [5, 5.41) is 8.26. The molecule has 1 aromatic carbocycles. The van der Waals surface area contributed by atoms with E-state index in [1.165, 1.54) is 82.6 Å². The molecule has 0 atom stereocenters. The molecule has 45 heavy (non-hydrogen) atoms. The average Bonchev–Trinajstić information content (AvgIpc) is 3.00. The number of carbonyl (C=O) groups excluding carboxylic acids is 3. The van der Waals surface area contributed by atoms with Crippen LogP contribution >= 0.6 is 0 Å². The highest BCUT2D eigenvalue weighted by molar-refractivity contribution is 5.76. The summed E-state index contributed by atoms with van der Waals surface area (Å²) in [6, 6.07) is 10.8. The van der Waals surface area contributed by atoms with Gasteiger partial charge in [0.2, 0.25) is 11.8 Å². The molecule has 0 bridgehead atoms. The van der Waals surface area contributed by atoms with Crippen molar-refractivity contribution in [1.82, 2.24) is 16.0 Å². The molecule has 0 spiro atoms. The molecule has 0 aliphatic rings. The van der Waals surface area contributed by atoms with Crippen LogP contribution in [-0.2, 0) is 30.2 Å². The van der Waals surface area contributed by atoms with Crippen molar-refractivity contribution in [2.45, 2.75) is 129 Å². The maximum Gasteiger partial charge on any atom is 0.407 e. The van der Waals surface area contributed by atoms with E-state index in [0.717, 1.165) is 12.8 Å². The van der Waals surface area contributed by atoms with E-state index in [4.69, 9.17) is 14.2 Å². The van der Waals surface area contributed by atoms with Gasteiger partial charge in [0.1, 0.15) is 5.60 Å². The average molecular weight is 634 g/mol. The fourth-order valence-corrected chi connectivity index (χ4v) is 4.81. The van der Waals surface area contributed by atoms with Gasteiger partial charge in [-0.3, -0.25) is 9.59 Å². The number of ether oxygens (including phenoxy) is 3. The molecule has 0 heterocycles. The first kappa shape index (κ1) is 40.4. The van der Waals surface area contributed by atoms with Crippen LogP contribution in [-0.4, -0.2) is 69.6 Å². The Morgan fingerprint density at radius 2 is 1.00 bits per heavy atom. The zero-order chi connectivity index (χ0) is 32.9. The van der Waals surface area contributed by atoms with Gasteiger partial charge < -0.3 is 30.2 Å². The van der Waals surface area contributed by atoms with Crippen molar-refractivity contribution in [2.24, 2.45) is 0 Å². The molecular weight excluding hydrogens is 570 g/mol. The fourth-order valence-electron chi connectivity index (χ4n) is 4.81. The van der Waals surface area contributed by atoms with Gasteiger partial charge in [0, 0.05) is 32.5 Å². The van der Waals surface area contributed by atoms with Gasteiger partial charge in [-0.2, -0.15) is 0 Å². The number of unbranched alkanes of at least 4 members (excludes halogenated alkanes) is 12. The number of alkyl carbamates (subject to hydrolysis) is 1. The van der Waals surface area contributed by atoms with Crippen molar-refractivity contribution >= 4 is 17.9 Å². The van der Waals surface area contributed by atoms with Crippen molar-refractivity contribution < 1.29 is 28.6 Å². The van der Waals surface area contributed by atoms with Crippen LogP contribution in [0.5, 0.6) is 0 Å². The molecule has 1 rings (SSSR count). The molecule has 0 saturated heterocycles. The lowest BCUT2D eigenvalue weighted by Crippen LogP contribution is -2.34. The van der Waals surface area contributed by atoms with E-state index in [1.807, 2.05) is 0 Å². The Bertz CT molecular complexity index is 875. The molecular formula is C36H63N3O6. The number of hydrogen-bond acceptors (Lipinski definition) is 6. The maximum absolute atomic E-state index is 12.0. The van der Waals surface area contributed by atoms with E-state index >= 15 is 0 Å². The first-order valence-corrected chi connectivity index (χ1v) is 17.5. The van der Waals surface area contributed by atoms with Gasteiger partial charge in [-0.05, 0) is 45.6 Å². The first-order valence-electron chi connectivity index (χ1n) is 17.5. The van der Waals surface area contributed by atoms with Crippen molar-refractivity contribution in [3.05, 3.63) is 35.9 Å². The topological polar surface area (TPSA) is 115 Å². The third-order valence-corrected chi connectivity index (χ3v) is 7.24. The summed E-state index contributed by atoms with van der Waals surface area (Å²) < 4.78 is 16.0. The predicted octanol–water partition coefficient (Wildman–Crippen LogP) is 6.87. The first-order chi connectivity index (χ1) is 21.8. The molecule has 0 unspecified atom stereocenters. The molecule has 3 amide bonds. The monoisotopic (exact) mass is 633 g/mol. The maximum atomic E-state index is 12.0. The summed E-state index contributed by atoms with van der Waals surface area (Å²) in [4.78, 5) is 35.3. The van der Waals surface area contributed by atoms with Gasteiger partial charge in [-0.25, -0.2) is 4.79 Å². The molecule has 0 fully saturated rings. The molecule has 1 aromatic rings. The number of nitrogens with one attached hydrogen (secondary N) is 3. The number of hydrogen-bond donors (Lipinski definition) is 3. The molecule has 9 heteroatoms. The minimum absolute atomic E-state index is 0.0771. The van der Waals surface area contributed by atoms with Crippen molar-refractivity contribution in [2.75, 3.05) is 46.1 Å². The number of aryl methyl sites for hydroxylation is 1. The highest BCUT2D eigenvalue weighted by Crippen LogP contribution is 2.14. The van der Waals surface area contributed by atoms with E-state index in [-0.39, 0.29) is 24.8 Å². The Balaban J connectivity index is 1.75. The Morgan fingerprint density at radius 3 is 1.53 bits per heavy atom. The molecule has 0 aliphatic heterocycles. The van der Waals surface area contributed by atoms with Crippen LogP contribution in [0.2, 0.25) is 0 Å². The Morgan fingerprint density at radius 1 is 0.556 bits per heavy atom.